The van der Waals surface area contributed by atoms with Crippen LogP contribution < -0.4 is 15.5 Å². The highest BCUT2D eigenvalue weighted by atomic mass is 35.5. The minimum Gasteiger partial charge on any atom is -0.491 e. The normalized spacial score (nSPS) is 17.3. The maximum absolute atomic E-state index is 13.6. The quantitative estimate of drug-likeness (QED) is 0.329. The number of halogens is 1. The summed E-state index contributed by atoms with van der Waals surface area (Å²) in [5.74, 6) is 0.400. The third kappa shape index (κ3) is 4.88. The summed E-state index contributed by atoms with van der Waals surface area (Å²) < 4.78 is 11.2. The number of anilines is 1. The van der Waals surface area contributed by atoms with Crippen LogP contribution >= 0.6 is 11.6 Å². The van der Waals surface area contributed by atoms with Crippen LogP contribution in [0.3, 0.4) is 0 Å². The van der Waals surface area contributed by atoms with Crippen LogP contribution in [0.15, 0.2) is 36.4 Å². The lowest BCUT2D eigenvalue weighted by Crippen LogP contribution is -2.49. The van der Waals surface area contributed by atoms with Crippen LogP contribution in [-0.2, 0) is 4.74 Å². The van der Waals surface area contributed by atoms with Crippen molar-refractivity contribution in [1.82, 2.24) is 25.5 Å². The fourth-order valence-corrected chi connectivity index (χ4v) is 5.46. The van der Waals surface area contributed by atoms with E-state index >= 15 is 0 Å². The largest absolute Gasteiger partial charge is 0.491 e. The van der Waals surface area contributed by atoms with Gasteiger partial charge in [-0.05, 0) is 50.2 Å². The molecule has 0 atom stereocenters. The molecule has 38 heavy (non-hydrogen) atoms. The Morgan fingerprint density at radius 3 is 2.71 bits per heavy atom. The maximum atomic E-state index is 13.6. The van der Waals surface area contributed by atoms with Gasteiger partial charge in [0.1, 0.15) is 18.1 Å². The molecule has 0 spiro atoms. The second kappa shape index (κ2) is 10.7. The molecule has 3 aliphatic rings. The predicted octanol–water partition coefficient (Wildman–Crippen LogP) is 3.78. The summed E-state index contributed by atoms with van der Waals surface area (Å²) in [6.45, 7) is 5.99. The average molecular weight is 537 g/mol. The third-order valence-electron chi connectivity index (χ3n) is 7.14. The molecular formula is C27H29ClN6O4. The standard InChI is InChI=1S/C27H29ClN6O4/c28-19-16-17(6-7-21(19)38-15-10-33-8-1-2-9-33)24-23-25(31-30-24)18-4-3-5-20(22(18)26(23)35)29-27(36)32-34-11-13-37-14-12-34/h3-7,16H,1-2,8-15H2,(H,30,31)(H2,29,32,36). The molecule has 2 aromatic carbocycles. The summed E-state index contributed by atoms with van der Waals surface area (Å²) in [4.78, 5) is 28.7. The summed E-state index contributed by atoms with van der Waals surface area (Å²) in [7, 11) is 0. The van der Waals surface area contributed by atoms with E-state index in [4.69, 9.17) is 21.1 Å². The first-order valence-electron chi connectivity index (χ1n) is 12.9. The highest BCUT2D eigenvalue weighted by Crippen LogP contribution is 2.43. The topological polar surface area (TPSA) is 112 Å². The number of urea groups is 1. The van der Waals surface area contributed by atoms with Gasteiger partial charge in [-0.15, -0.1) is 0 Å². The van der Waals surface area contributed by atoms with Crippen LogP contribution in [0.1, 0.15) is 28.8 Å². The predicted molar refractivity (Wildman–Crippen MR) is 144 cm³/mol. The summed E-state index contributed by atoms with van der Waals surface area (Å²) in [6, 6.07) is 10.4. The monoisotopic (exact) mass is 536 g/mol. The number of ether oxygens (including phenoxy) is 2. The Kier molecular flexibility index (Phi) is 7.03. The van der Waals surface area contributed by atoms with Gasteiger partial charge in [-0.25, -0.2) is 9.80 Å². The SMILES string of the molecule is O=C(Nc1cccc2c1C(=O)c1c(-c3ccc(OCCN4CCCC4)c(Cl)c3)n[nH]c1-2)NN1CCOCC1. The molecule has 0 bridgehead atoms. The summed E-state index contributed by atoms with van der Waals surface area (Å²) >= 11 is 6.55. The average Bonchev–Trinajstić information content (AvgIpc) is 3.65. The van der Waals surface area contributed by atoms with Crippen molar-refractivity contribution in [2.45, 2.75) is 12.8 Å². The molecule has 6 rings (SSSR count). The number of hydrazine groups is 1. The number of rotatable bonds is 7. The molecule has 3 aromatic rings. The number of nitrogens with zero attached hydrogens (tertiary/aromatic N) is 3. The van der Waals surface area contributed by atoms with Crippen LogP contribution in [-0.4, -0.2) is 84.5 Å². The zero-order valence-corrected chi connectivity index (χ0v) is 21.6. The van der Waals surface area contributed by atoms with Crippen LogP contribution in [0, 0.1) is 0 Å². The highest BCUT2D eigenvalue weighted by molar-refractivity contribution is 6.32. The molecule has 2 saturated heterocycles. The molecule has 0 unspecified atom stereocenters. The van der Waals surface area contributed by atoms with Crippen molar-refractivity contribution in [2.75, 3.05) is 57.9 Å². The highest BCUT2D eigenvalue weighted by Gasteiger charge is 2.35. The van der Waals surface area contributed by atoms with Crippen molar-refractivity contribution < 1.29 is 19.1 Å². The first kappa shape index (κ1) is 24.9. The van der Waals surface area contributed by atoms with Crippen molar-refractivity contribution in [1.29, 1.82) is 0 Å². The number of nitrogens with one attached hydrogen (secondary N) is 3. The zero-order valence-electron chi connectivity index (χ0n) is 20.9. The number of carbonyl (C=O) groups is 2. The second-order valence-corrected chi connectivity index (χ2v) is 9.99. The van der Waals surface area contributed by atoms with Crippen LogP contribution in [0.25, 0.3) is 22.5 Å². The lowest BCUT2D eigenvalue weighted by molar-refractivity contribution is 0.0207. The molecule has 11 heteroatoms. The third-order valence-corrected chi connectivity index (χ3v) is 7.44. The van der Waals surface area contributed by atoms with Gasteiger partial charge in [0.25, 0.3) is 0 Å². The maximum Gasteiger partial charge on any atom is 0.333 e. The van der Waals surface area contributed by atoms with Gasteiger partial charge >= 0.3 is 6.03 Å². The van der Waals surface area contributed by atoms with E-state index in [0.29, 0.717) is 83.0 Å². The van der Waals surface area contributed by atoms with Gasteiger partial charge in [-0.1, -0.05) is 23.7 Å². The Balaban J connectivity index is 1.19. The molecule has 10 nitrogen and oxygen atoms in total. The summed E-state index contributed by atoms with van der Waals surface area (Å²) in [5, 5.41) is 12.5. The molecule has 0 radical (unpaired) electrons. The smallest absolute Gasteiger partial charge is 0.333 e. The van der Waals surface area contributed by atoms with Crippen LogP contribution in [0.4, 0.5) is 10.5 Å². The molecule has 1 aliphatic carbocycles. The van der Waals surface area contributed by atoms with Crippen molar-refractivity contribution in [2.24, 2.45) is 0 Å². The summed E-state index contributed by atoms with van der Waals surface area (Å²) in [6.07, 6.45) is 2.48. The Morgan fingerprint density at radius 2 is 1.92 bits per heavy atom. The van der Waals surface area contributed by atoms with E-state index in [1.807, 2.05) is 18.2 Å². The fraction of sp³-hybridized carbons (Fsp3) is 0.370. The Hall–Kier alpha value is -3.44. The van der Waals surface area contributed by atoms with Crippen LogP contribution in [0.5, 0.6) is 5.75 Å². The molecule has 198 valence electrons. The van der Waals surface area contributed by atoms with Gasteiger partial charge in [0.05, 0.1) is 40.7 Å². The molecule has 0 saturated carbocycles. The number of hydrogen-bond acceptors (Lipinski definition) is 7. The van der Waals surface area contributed by atoms with E-state index < -0.39 is 6.03 Å². The number of aromatic nitrogens is 2. The molecule has 2 aliphatic heterocycles. The van der Waals surface area contributed by atoms with Gasteiger partial charge in [0, 0.05) is 30.8 Å². The second-order valence-electron chi connectivity index (χ2n) is 9.59. The Labute approximate surface area is 225 Å². The van der Waals surface area contributed by atoms with E-state index in [1.54, 1.807) is 23.2 Å². The number of aromatic amines is 1. The summed E-state index contributed by atoms with van der Waals surface area (Å²) in [5.41, 5.74) is 6.68. The van der Waals surface area contributed by atoms with Gasteiger partial charge in [-0.2, -0.15) is 5.10 Å². The minimum atomic E-state index is -0.408. The van der Waals surface area contributed by atoms with E-state index in [2.05, 4.69) is 25.8 Å². The number of fused-ring (bicyclic) bond motifs is 3. The lowest BCUT2D eigenvalue weighted by Gasteiger charge is -2.27. The van der Waals surface area contributed by atoms with Gasteiger partial charge in [0.2, 0.25) is 0 Å². The lowest BCUT2D eigenvalue weighted by atomic mass is 10.0. The fourth-order valence-electron chi connectivity index (χ4n) is 5.23. The van der Waals surface area contributed by atoms with Crippen molar-refractivity contribution in [3.05, 3.63) is 52.5 Å². The van der Waals surface area contributed by atoms with Crippen molar-refractivity contribution >= 4 is 29.1 Å². The first-order chi connectivity index (χ1) is 18.6. The van der Waals surface area contributed by atoms with E-state index in [0.717, 1.165) is 19.6 Å². The first-order valence-corrected chi connectivity index (χ1v) is 13.3. The molecule has 3 N–H and O–H groups in total. The van der Waals surface area contributed by atoms with Gasteiger partial charge < -0.3 is 14.8 Å². The molecule has 2 fully saturated rings. The van der Waals surface area contributed by atoms with Gasteiger partial charge in [0.15, 0.2) is 5.78 Å². The molecule has 1 aromatic heterocycles. The van der Waals surface area contributed by atoms with Crippen LogP contribution in [0.2, 0.25) is 5.02 Å². The molecule has 2 amide bonds. The number of hydrogen-bond donors (Lipinski definition) is 3. The molecular weight excluding hydrogens is 508 g/mol. The number of benzene rings is 2. The number of morpholine rings is 1. The van der Waals surface area contributed by atoms with Gasteiger partial charge in [-0.3, -0.25) is 20.2 Å². The van der Waals surface area contributed by atoms with Crippen molar-refractivity contribution in [3.63, 3.8) is 0 Å². The molecule has 3 heterocycles. The Bertz CT molecular complexity index is 1360. The van der Waals surface area contributed by atoms with E-state index in [-0.39, 0.29) is 5.78 Å². The van der Waals surface area contributed by atoms with Crippen molar-refractivity contribution in [3.8, 4) is 28.3 Å². The Morgan fingerprint density at radius 1 is 1.11 bits per heavy atom. The number of ketones is 1. The van der Waals surface area contributed by atoms with E-state index in [9.17, 15) is 9.59 Å². The van der Waals surface area contributed by atoms with E-state index in [1.165, 1.54) is 12.8 Å². The zero-order chi connectivity index (χ0) is 26.1. The number of H-pyrrole nitrogens is 1. The minimum absolute atomic E-state index is 0.205. The number of amides is 2. The number of likely N-dealkylation sites (tertiary alicyclic amines) is 1. The number of carbonyl (C=O) groups excluding carboxylic acids is 2.